The lowest BCUT2D eigenvalue weighted by Gasteiger charge is -2.19. The SMILES string of the molecule is c1ccc(NC2SN(c3ccccc3)c3ccccc32)cc1. The lowest BCUT2D eigenvalue weighted by atomic mass is 10.1. The van der Waals surface area contributed by atoms with Crippen LogP contribution in [0.15, 0.2) is 84.9 Å². The second kappa shape index (κ2) is 5.78. The van der Waals surface area contributed by atoms with Gasteiger partial charge < -0.3 is 5.32 Å². The normalized spacial score (nSPS) is 16.4. The second-order valence-corrected chi connectivity index (χ2v) is 6.23. The molecule has 0 spiro atoms. The van der Waals surface area contributed by atoms with Gasteiger partial charge in [0, 0.05) is 11.3 Å². The van der Waals surface area contributed by atoms with Crippen molar-refractivity contribution in [2.45, 2.75) is 5.37 Å². The van der Waals surface area contributed by atoms with E-state index in [-0.39, 0.29) is 5.37 Å². The molecule has 0 aliphatic carbocycles. The third-order valence-corrected chi connectivity index (χ3v) is 4.91. The molecule has 1 atom stereocenters. The molecule has 1 N–H and O–H groups in total. The Kier molecular flexibility index (Phi) is 3.49. The summed E-state index contributed by atoms with van der Waals surface area (Å²) < 4.78 is 2.30. The minimum absolute atomic E-state index is 0.221. The molecule has 1 unspecified atom stereocenters. The zero-order chi connectivity index (χ0) is 14.8. The molecule has 0 saturated heterocycles. The molecule has 1 heterocycles. The maximum absolute atomic E-state index is 3.62. The molecule has 1 aliphatic heterocycles. The minimum Gasteiger partial charge on any atom is -0.368 e. The van der Waals surface area contributed by atoms with Crippen molar-refractivity contribution in [3.05, 3.63) is 90.5 Å². The van der Waals surface area contributed by atoms with Gasteiger partial charge in [0.05, 0.1) is 11.4 Å². The second-order valence-electron chi connectivity index (χ2n) is 5.18. The highest BCUT2D eigenvalue weighted by molar-refractivity contribution is 8.01. The molecule has 3 aromatic rings. The van der Waals surface area contributed by atoms with Crippen molar-refractivity contribution in [2.24, 2.45) is 0 Å². The summed E-state index contributed by atoms with van der Waals surface area (Å²) in [4.78, 5) is 0. The quantitative estimate of drug-likeness (QED) is 0.634. The van der Waals surface area contributed by atoms with E-state index < -0.39 is 0 Å². The molecule has 2 nitrogen and oxygen atoms in total. The largest absolute Gasteiger partial charge is 0.368 e. The molecule has 4 rings (SSSR count). The first-order valence-corrected chi connectivity index (χ1v) is 8.18. The van der Waals surface area contributed by atoms with Gasteiger partial charge in [0.1, 0.15) is 5.37 Å². The fraction of sp³-hybridized carbons (Fsp3) is 0.0526. The van der Waals surface area contributed by atoms with Crippen LogP contribution in [0.4, 0.5) is 17.1 Å². The zero-order valence-electron chi connectivity index (χ0n) is 12.0. The molecule has 3 aromatic carbocycles. The van der Waals surface area contributed by atoms with Gasteiger partial charge in [-0.15, -0.1) is 0 Å². The summed E-state index contributed by atoms with van der Waals surface area (Å²) >= 11 is 1.81. The molecule has 0 fully saturated rings. The lowest BCUT2D eigenvalue weighted by molar-refractivity contribution is 1.14. The first-order valence-electron chi connectivity index (χ1n) is 7.34. The van der Waals surface area contributed by atoms with Gasteiger partial charge in [0.15, 0.2) is 0 Å². The summed E-state index contributed by atoms with van der Waals surface area (Å²) in [6.07, 6.45) is 0. The van der Waals surface area contributed by atoms with Crippen LogP contribution in [-0.2, 0) is 0 Å². The zero-order valence-corrected chi connectivity index (χ0v) is 12.8. The Bertz CT molecular complexity index is 759. The Morgan fingerprint density at radius 2 is 1.36 bits per heavy atom. The van der Waals surface area contributed by atoms with E-state index in [0.29, 0.717) is 0 Å². The fourth-order valence-electron chi connectivity index (χ4n) is 2.67. The van der Waals surface area contributed by atoms with Crippen LogP contribution in [0.25, 0.3) is 0 Å². The predicted octanol–water partition coefficient (Wildman–Crippen LogP) is 5.60. The van der Waals surface area contributed by atoms with E-state index in [1.54, 1.807) is 0 Å². The van der Waals surface area contributed by atoms with Crippen LogP contribution in [0.3, 0.4) is 0 Å². The molecular formula is C19H16N2S. The maximum atomic E-state index is 3.62. The van der Waals surface area contributed by atoms with Crippen molar-refractivity contribution in [3.63, 3.8) is 0 Å². The number of hydrogen-bond donors (Lipinski definition) is 1. The van der Waals surface area contributed by atoms with E-state index in [0.717, 1.165) is 5.69 Å². The first kappa shape index (κ1) is 13.3. The molecule has 0 bridgehead atoms. The van der Waals surface area contributed by atoms with Gasteiger partial charge in [-0.25, -0.2) is 0 Å². The van der Waals surface area contributed by atoms with Gasteiger partial charge in [0.2, 0.25) is 0 Å². The van der Waals surface area contributed by atoms with Crippen LogP contribution >= 0.6 is 11.9 Å². The Labute approximate surface area is 134 Å². The highest BCUT2D eigenvalue weighted by atomic mass is 32.2. The van der Waals surface area contributed by atoms with E-state index in [1.807, 2.05) is 18.0 Å². The Morgan fingerprint density at radius 3 is 2.14 bits per heavy atom. The highest BCUT2D eigenvalue weighted by Crippen LogP contribution is 2.50. The average molecular weight is 304 g/mol. The topological polar surface area (TPSA) is 15.3 Å². The molecule has 1 aliphatic rings. The monoisotopic (exact) mass is 304 g/mol. The number of nitrogens with zero attached hydrogens (tertiary/aromatic N) is 1. The number of rotatable bonds is 3. The van der Waals surface area contributed by atoms with Crippen molar-refractivity contribution >= 4 is 29.0 Å². The summed E-state index contributed by atoms with van der Waals surface area (Å²) in [5, 5.41) is 3.84. The van der Waals surface area contributed by atoms with Crippen molar-refractivity contribution in [2.75, 3.05) is 9.62 Å². The molecule has 0 saturated carbocycles. The van der Waals surface area contributed by atoms with Crippen LogP contribution in [0.1, 0.15) is 10.9 Å². The van der Waals surface area contributed by atoms with E-state index in [9.17, 15) is 0 Å². The lowest BCUT2D eigenvalue weighted by Crippen LogP contribution is -2.05. The summed E-state index contributed by atoms with van der Waals surface area (Å²) in [5.74, 6) is 0. The minimum atomic E-state index is 0.221. The van der Waals surface area contributed by atoms with Crippen molar-refractivity contribution in [1.29, 1.82) is 0 Å². The van der Waals surface area contributed by atoms with Crippen LogP contribution in [0.5, 0.6) is 0 Å². The first-order chi connectivity index (χ1) is 10.9. The summed E-state index contributed by atoms with van der Waals surface area (Å²) in [7, 11) is 0. The summed E-state index contributed by atoms with van der Waals surface area (Å²) in [6, 6.07) is 29.5. The number of anilines is 3. The van der Waals surface area contributed by atoms with Gasteiger partial charge in [-0.05, 0) is 42.3 Å². The summed E-state index contributed by atoms with van der Waals surface area (Å²) in [6.45, 7) is 0. The highest BCUT2D eigenvalue weighted by Gasteiger charge is 2.30. The van der Waals surface area contributed by atoms with Crippen LogP contribution in [0, 0.1) is 0 Å². The Morgan fingerprint density at radius 1 is 0.727 bits per heavy atom. The number of para-hydroxylation sites is 3. The number of benzene rings is 3. The molecule has 0 amide bonds. The molecular weight excluding hydrogens is 288 g/mol. The van der Waals surface area contributed by atoms with E-state index in [1.165, 1.54) is 16.9 Å². The van der Waals surface area contributed by atoms with Gasteiger partial charge in [-0.3, -0.25) is 4.31 Å². The van der Waals surface area contributed by atoms with Crippen LogP contribution < -0.4 is 9.62 Å². The molecule has 0 radical (unpaired) electrons. The van der Waals surface area contributed by atoms with E-state index in [2.05, 4.69) is 88.5 Å². The molecule has 3 heteroatoms. The van der Waals surface area contributed by atoms with Gasteiger partial charge in [-0.2, -0.15) is 0 Å². The van der Waals surface area contributed by atoms with Gasteiger partial charge >= 0.3 is 0 Å². The molecule has 0 aromatic heterocycles. The maximum Gasteiger partial charge on any atom is 0.120 e. The number of nitrogens with one attached hydrogen (secondary N) is 1. The standard InChI is InChI=1S/C19H16N2S/c1-3-9-15(10-4-1)20-19-17-13-7-8-14-18(17)21(22-19)16-11-5-2-6-12-16/h1-14,19-20H. The number of fused-ring (bicyclic) bond motifs is 1. The van der Waals surface area contributed by atoms with E-state index in [4.69, 9.17) is 0 Å². The fourth-order valence-corrected chi connectivity index (χ4v) is 3.90. The Hall–Kier alpha value is -2.39. The molecule has 108 valence electrons. The van der Waals surface area contributed by atoms with E-state index >= 15 is 0 Å². The third-order valence-electron chi connectivity index (χ3n) is 3.71. The van der Waals surface area contributed by atoms with Crippen molar-refractivity contribution in [1.82, 2.24) is 0 Å². The van der Waals surface area contributed by atoms with Crippen LogP contribution in [-0.4, -0.2) is 0 Å². The Balaban J connectivity index is 1.68. The van der Waals surface area contributed by atoms with Gasteiger partial charge in [0.25, 0.3) is 0 Å². The number of hydrogen-bond acceptors (Lipinski definition) is 3. The van der Waals surface area contributed by atoms with Crippen molar-refractivity contribution < 1.29 is 0 Å². The smallest absolute Gasteiger partial charge is 0.120 e. The predicted molar refractivity (Wildman–Crippen MR) is 95.4 cm³/mol. The molecule has 22 heavy (non-hydrogen) atoms. The van der Waals surface area contributed by atoms with Gasteiger partial charge in [-0.1, -0.05) is 54.6 Å². The van der Waals surface area contributed by atoms with Crippen molar-refractivity contribution in [3.8, 4) is 0 Å². The van der Waals surface area contributed by atoms with Crippen LogP contribution in [0.2, 0.25) is 0 Å². The average Bonchev–Trinajstić information content (AvgIpc) is 2.96. The summed E-state index contributed by atoms with van der Waals surface area (Å²) in [5.41, 5.74) is 4.93. The third kappa shape index (κ3) is 2.44.